The zero-order chi connectivity index (χ0) is 10.4. The van der Waals surface area contributed by atoms with E-state index in [1.54, 1.807) is 11.8 Å². The van der Waals surface area contributed by atoms with Crippen LogP contribution in [0.1, 0.15) is 32.6 Å². The molecule has 0 aliphatic heterocycles. The molecule has 0 saturated heterocycles. The molecule has 0 aromatic rings. The summed E-state index contributed by atoms with van der Waals surface area (Å²) in [4.78, 5) is 11.7. The molecule has 82 valence electrons. The molecule has 0 spiro atoms. The molecule has 0 radical (unpaired) electrons. The van der Waals surface area contributed by atoms with Crippen molar-refractivity contribution in [2.45, 2.75) is 32.6 Å². The maximum absolute atomic E-state index is 11.7. The van der Waals surface area contributed by atoms with Gasteiger partial charge in [0.15, 0.2) is 0 Å². The van der Waals surface area contributed by atoms with Crippen LogP contribution in [0.3, 0.4) is 0 Å². The van der Waals surface area contributed by atoms with Gasteiger partial charge >= 0.3 is 0 Å². The SMILES string of the molecule is CSCCNC(=O)C1CCC(C)CC1. The summed E-state index contributed by atoms with van der Waals surface area (Å²) >= 11 is 1.78. The lowest BCUT2D eigenvalue weighted by molar-refractivity contribution is -0.126. The van der Waals surface area contributed by atoms with E-state index in [0.29, 0.717) is 5.92 Å². The zero-order valence-corrected chi connectivity index (χ0v) is 10.0. The fourth-order valence-electron chi connectivity index (χ4n) is 1.94. The molecule has 0 heterocycles. The van der Waals surface area contributed by atoms with Crippen LogP contribution in [-0.4, -0.2) is 24.5 Å². The van der Waals surface area contributed by atoms with Crippen molar-refractivity contribution in [3.05, 3.63) is 0 Å². The first-order valence-corrected chi connectivity index (χ1v) is 6.90. The Labute approximate surface area is 91.2 Å². The van der Waals surface area contributed by atoms with Crippen LogP contribution >= 0.6 is 11.8 Å². The van der Waals surface area contributed by atoms with E-state index in [2.05, 4.69) is 18.5 Å². The zero-order valence-electron chi connectivity index (χ0n) is 9.21. The highest BCUT2D eigenvalue weighted by atomic mass is 32.2. The second-order valence-corrected chi connectivity index (χ2v) is 5.23. The number of nitrogens with one attached hydrogen (secondary N) is 1. The molecule has 0 aromatic heterocycles. The second kappa shape index (κ2) is 6.33. The van der Waals surface area contributed by atoms with Gasteiger partial charge in [0.1, 0.15) is 0 Å². The molecule has 0 unspecified atom stereocenters. The fraction of sp³-hybridized carbons (Fsp3) is 0.909. The molecule has 1 aliphatic rings. The smallest absolute Gasteiger partial charge is 0.223 e. The van der Waals surface area contributed by atoms with Crippen LogP contribution in [0.5, 0.6) is 0 Å². The van der Waals surface area contributed by atoms with E-state index in [1.807, 2.05) is 0 Å². The van der Waals surface area contributed by atoms with Crippen LogP contribution in [-0.2, 0) is 4.79 Å². The number of thioether (sulfide) groups is 1. The van der Waals surface area contributed by atoms with Gasteiger partial charge in [0.2, 0.25) is 5.91 Å². The average Bonchev–Trinajstić information content (AvgIpc) is 2.19. The highest BCUT2D eigenvalue weighted by Gasteiger charge is 2.23. The summed E-state index contributed by atoms with van der Waals surface area (Å²) in [5, 5.41) is 3.01. The first-order chi connectivity index (χ1) is 6.74. The summed E-state index contributed by atoms with van der Waals surface area (Å²) in [5.74, 6) is 2.43. The van der Waals surface area contributed by atoms with Gasteiger partial charge in [-0.05, 0) is 37.9 Å². The normalized spacial score (nSPS) is 27.3. The van der Waals surface area contributed by atoms with Crippen molar-refractivity contribution in [1.29, 1.82) is 0 Å². The number of hydrogen-bond donors (Lipinski definition) is 1. The summed E-state index contributed by atoms with van der Waals surface area (Å²) in [6.45, 7) is 3.11. The molecule has 1 amide bonds. The summed E-state index contributed by atoms with van der Waals surface area (Å²) in [7, 11) is 0. The van der Waals surface area contributed by atoms with Gasteiger partial charge in [-0.1, -0.05) is 6.92 Å². The monoisotopic (exact) mass is 215 g/mol. The highest BCUT2D eigenvalue weighted by Crippen LogP contribution is 2.28. The number of carbonyl (C=O) groups excluding carboxylic acids is 1. The summed E-state index contributed by atoms with van der Waals surface area (Å²) in [6.07, 6.45) is 6.69. The predicted molar refractivity (Wildman–Crippen MR) is 62.5 cm³/mol. The molecule has 3 heteroatoms. The third-order valence-electron chi connectivity index (χ3n) is 2.99. The van der Waals surface area contributed by atoms with E-state index in [0.717, 1.165) is 31.1 Å². The molecular formula is C11H21NOS. The van der Waals surface area contributed by atoms with E-state index in [4.69, 9.17) is 0 Å². The number of carbonyl (C=O) groups is 1. The highest BCUT2D eigenvalue weighted by molar-refractivity contribution is 7.98. The van der Waals surface area contributed by atoms with Gasteiger partial charge in [0, 0.05) is 18.2 Å². The Morgan fingerprint density at radius 2 is 2.00 bits per heavy atom. The van der Waals surface area contributed by atoms with Crippen molar-refractivity contribution in [1.82, 2.24) is 5.32 Å². The van der Waals surface area contributed by atoms with Gasteiger partial charge in [-0.3, -0.25) is 4.79 Å². The molecule has 1 fully saturated rings. The Hall–Kier alpha value is -0.180. The summed E-state index contributed by atoms with van der Waals surface area (Å²) in [6, 6.07) is 0. The minimum atomic E-state index is 0.283. The number of hydrogen-bond acceptors (Lipinski definition) is 2. The van der Waals surface area contributed by atoms with E-state index in [-0.39, 0.29) is 5.91 Å². The van der Waals surface area contributed by atoms with E-state index in [9.17, 15) is 4.79 Å². The van der Waals surface area contributed by atoms with Gasteiger partial charge < -0.3 is 5.32 Å². The lowest BCUT2D eigenvalue weighted by atomic mass is 9.82. The second-order valence-electron chi connectivity index (χ2n) is 4.24. The molecule has 0 aromatic carbocycles. The van der Waals surface area contributed by atoms with Crippen molar-refractivity contribution >= 4 is 17.7 Å². The van der Waals surface area contributed by atoms with E-state index >= 15 is 0 Å². The molecule has 1 aliphatic carbocycles. The first kappa shape index (κ1) is 11.9. The van der Waals surface area contributed by atoms with Crippen molar-refractivity contribution in [3.63, 3.8) is 0 Å². The largest absolute Gasteiger partial charge is 0.355 e. The van der Waals surface area contributed by atoms with Gasteiger partial charge in [-0.25, -0.2) is 0 Å². The Bertz CT molecular complexity index is 176. The van der Waals surface area contributed by atoms with Crippen molar-refractivity contribution in [2.75, 3.05) is 18.6 Å². The average molecular weight is 215 g/mol. The van der Waals surface area contributed by atoms with Crippen LogP contribution in [0.2, 0.25) is 0 Å². The fourth-order valence-corrected chi connectivity index (χ4v) is 2.25. The van der Waals surface area contributed by atoms with E-state index < -0.39 is 0 Å². The molecule has 1 rings (SSSR count). The van der Waals surface area contributed by atoms with Crippen LogP contribution in [0.15, 0.2) is 0 Å². The Kier molecular flexibility index (Phi) is 5.38. The summed E-state index contributed by atoms with van der Waals surface area (Å²) < 4.78 is 0. The van der Waals surface area contributed by atoms with Gasteiger partial charge in [-0.15, -0.1) is 0 Å². The molecule has 1 saturated carbocycles. The predicted octanol–water partition coefficient (Wildman–Crippen LogP) is 2.29. The Morgan fingerprint density at radius 1 is 1.36 bits per heavy atom. The number of rotatable bonds is 4. The lowest BCUT2D eigenvalue weighted by Crippen LogP contribution is -2.34. The van der Waals surface area contributed by atoms with Gasteiger partial charge in [0.25, 0.3) is 0 Å². The van der Waals surface area contributed by atoms with Crippen LogP contribution in [0, 0.1) is 11.8 Å². The molecule has 0 atom stereocenters. The molecule has 0 bridgehead atoms. The van der Waals surface area contributed by atoms with Crippen LogP contribution in [0.25, 0.3) is 0 Å². The molecule has 2 nitrogen and oxygen atoms in total. The topological polar surface area (TPSA) is 29.1 Å². The summed E-state index contributed by atoms with van der Waals surface area (Å²) in [5.41, 5.74) is 0. The number of amides is 1. The quantitative estimate of drug-likeness (QED) is 0.729. The van der Waals surface area contributed by atoms with E-state index in [1.165, 1.54) is 12.8 Å². The van der Waals surface area contributed by atoms with Gasteiger partial charge in [0.05, 0.1) is 0 Å². The third-order valence-corrected chi connectivity index (χ3v) is 3.60. The van der Waals surface area contributed by atoms with Crippen molar-refractivity contribution in [3.8, 4) is 0 Å². The first-order valence-electron chi connectivity index (χ1n) is 5.50. The standard InChI is InChI=1S/C11H21NOS/c1-9-3-5-10(6-4-9)11(13)12-7-8-14-2/h9-10H,3-8H2,1-2H3,(H,12,13). The molecule has 1 N–H and O–H groups in total. The van der Waals surface area contributed by atoms with Crippen molar-refractivity contribution in [2.24, 2.45) is 11.8 Å². The Morgan fingerprint density at radius 3 is 2.57 bits per heavy atom. The lowest BCUT2D eigenvalue weighted by Gasteiger charge is -2.25. The Balaban J connectivity index is 2.17. The maximum Gasteiger partial charge on any atom is 0.223 e. The van der Waals surface area contributed by atoms with Gasteiger partial charge in [-0.2, -0.15) is 11.8 Å². The molecular weight excluding hydrogens is 194 g/mol. The minimum absolute atomic E-state index is 0.283. The third kappa shape index (κ3) is 3.91. The minimum Gasteiger partial charge on any atom is -0.355 e. The molecule has 14 heavy (non-hydrogen) atoms. The van der Waals surface area contributed by atoms with Crippen molar-refractivity contribution < 1.29 is 4.79 Å². The maximum atomic E-state index is 11.7. The van der Waals surface area contributed by atoms with Crippen LogP contribution < -0.4 is 5.32 Å². The van der Waals surface area contributed by atoms with Crippen LogP contribution in [0.4, 0.5) is 0 Å².